The van der Waals surface area contributed by atoms with Crippen LogP contribution < -0.4 is 0 Å². The number of carbonyl (C=O) groups is 2. The number of esters is 1. The lowest BCUT2D eigenvalue weighted by molar-refractivity contribution is -0.153. The summed E-state index contributed by atoms with van der Waals surface area (Å²) in [4.78, 5) is 21.0. The lowest BCUT2D eigenvalue weighted by atomic mass is 10.1. The Labute approximate surface area is 70.5 Å². The summed E-state index contributed by atoms with van der Waals surface area (Å²) in [5, 5.41) is 9.30. The number of rotatable bonds is 2. The second kappa shape index (κ2) is 3.67. The van der Waals surface area contributed by atoms with Crippen molar-refractivity contribution in [2.45, 2.75) is 32.0 Å². The molecule has 1 aliphatic carbocycles. The Morgan fingerprint density at radius 1 is 1.58 bits per heavy atom. The minimum atomic E-state index is -0.677. The fraction of sp³-hybridized carbons (Fsp3) is 0.750. The van der Waals surface area contributed by atoms with E-state index in [0.29, 0.717) is 12.8 Å². The van der Waals surface area contributed by atoms with Gasteiger partial charge in [0.2, 0.25) is 0 Å². The number of hydrogen-bond acceptors (Lipinski definition) is 4. The van der Waals surface area contributed by atoms with Crippen LogP contribution in [0.5, 0.6) is 0 Å². The van der Waals surface area contributed by atoms with Crippen LogP contribution in [0.3, 0.4) is 0 Å². The SMILES string of the molecule is CC(=O)OC1C(O)CCC1C=O. The van der Waals surface area contributed by atoms with Crippen LogP contribution in [-0.2, 0) is 14.3 Å². The van der Waals surface area contributed by atoms with Gasteiger partial charge in [-0.05, 0) is 12.8 Å². The Hall–Kier alpha value is -0.900. The molecule has 1 rings (SSSR count). The van der Waals surface area contributed by atoms with Gasteiger partial charge in [-0.15, -0.1) is 0 Å². The molecule has 0 heterocycles. The highest BCUT2D eigenvalue weighted by molar-refractivity contribution is 5.67. The first-order valence-corrected chi connectivity index (χ1v) is 3.95. The average Bonchev–Trinajstić information content (AvgIpc) is 2.32. The summed E-state index contributed by atoms with van der Waals surface area (Å²) in [6.45, 7) is 1.27. The van der Waals surface area contributed by atoms with E-state index in [1.54, 1.807) is 0 Å². The van der Waals surface area contributed by atoms with Crippen molar-refractivity contribution in [3.8, 4) is 0 Å². The Balaban J connectivity index is 2.57. The number of hydrogen-bond donors (Lipinski definition) is 1. The zero-order valence-corrected chi connectivity index (χ0v) is 6.90. The molecule has 0 aliphatic heterocycles. The van der Waals surface area contributed by atoms with E-state index in [2.05, 4.69) is 0 Å². The summed E-state index contributed by atoms with van der Waals surface area (Å²) in [5.74, 6) is -0.781. The lowest BCUT2D eigenvalue weighted by Gasteiger charge is -2.17. The van der Waals surface area contributed by atoms with Gasteiger partial charge in [0.15, 0.2) is 0 Å². The van der Waals surface area contributed by atoms with Gasteiger partial charge in [-0.25, -0.2) is 0 Å². The van der Waals surface area contributed by atoms with Gasteiger partial charge in [0.25, 0.3) is 0 Å². The molecule has 12 heavy (non-hydrogen) atoms. The third-order valence-electron chi connectivity index (χ3n) is 2.07. The first kappa shape index (κ1) is 9.19. The summed E-state index contributed by atoms with van der Waals surface area (Å²) in [5.41, 5.74) is 0. The summed E-state index contributed by atoms with van der Waals surface area (Å²) >= 11 is 0. The van der Waals surface area contributed by atoms with E-state index in [0.717, 1.165) is 6.29 Å². The number of ether oxygens (including phenoxy) is 1. The maximum Gasteiger partial charge on any atom is 0.303 e. The summed E-state index contributed by atoms with van der Waals surface area (Å²) in [7, 11) is 0. The van der Waals surface area contributed by atoms with Crippen molar-refractivity contribution >= 4 is 12.3 Å². The van der Waals surface area contributed by atoms with Gasteiger partial charge in [0, 0.05) is 6.92 Å². The van der Waals surface area contributed by atoms with Crippen LogP contribution in [0, 0.1) is 5.92 Å². The zero-order chi connectivity index (χ0) is 9.14. The predicted molar refractivity (Wildman–Crippen MR) is 40.3 cm³/mol. The monoisotopic (exact) mass is 172 g/mol. The Morgan fingerprint density at radius 2 is 2.25 bits per heavy atom. The molecular formula is C8H12O4. The fourth-order valence-corrected chi connectivity index (χ4v) is 1.48. The van der Waals surface area contributed by atoms with Gasteiger partial charge >= 0.3 is 5.97 Å². The van der Waals surface area contributed by atoms with Gasteiger partial charge in [0.05, 0.1) is 12.0 Å². The molecule has 1 saturated carbocycles. The van der Waals surface area contributed by atoms with Gasteiger partial charge in [-0.2, -0.15) is 0 Å². The first-order chi connectivity index (χ1) is 5.65. The second-order valence-electron chi connectivity index (χ2n) is 3.02. The highest BCUT2D eigenvalue weighted by Crippen LogP contribution is 2.27. The first-order valence-electron chi connectivity index (χ1n) is 3.95. The second-order valence-corrected chi connectivity index (χ2v) is 3.02. The van der Waals surface area contributed by atoms with Crippen molar-refractivity contribution in [1.82, 2.24) is 0 Å². The molecule has 1 aliphatic rings. The fourth-order valence-electron chi connectivity index (χ4n) is 1.48. The molecule has 3 unspecified atom stereocenters. The van der Waals surface area contributed by atoms with Crippen molar-refractivity contribution < 1.29 is 19.4 Å². The van der Waals surface area contributed by atoms with E-state index in [1.807, 2.05) is 0 Å². The van der Waals surface area contributed by atoms with Crippen molar-refractivity contribution in [2.75, 3.05) is 0 Å². The molecule has 4 heteroatoms. The molecule has 1 fully saturated rings. The third-order valence-corrected chi connectivity index (χ3v) is 2.07. The molecular weight excluding hydrogens is 160 g/mol. The maximum atomic E-state index is 10.6. The molecule has 3 atom stereocenters. The summed E-state index contributed by atoms with van der Waals surface area (Å²) in [6.07, 6.45) is 0.567. The van der Waals surface area contributed by atoms with E-state index in [4.69, 9.17) is 4.74 Å². The molecule has 1 N–H and O–H groups in total. The molecule has 0 bridgehead atoms. The van der Waals surface area contributed by atoms with E-state index in [-0.39, 0.29) is 5.92 Å². The van der Waals surface area contributed by atoms with Gasteiger partial charge in [0.1, 0.15) is 12.4 Å². The van der Waals surface area contributed by atoms with Crippen molar-refractivity contribution in [3.63, 3.8) is 0 Å². The minimum Gasteiger partial charge on any atom is -0.459 e. The Morgan fingerprint density at radius 3 is 2.75 bits per heavy atom. The topological polar surface area (TPSA) is 63.6 Å². The summed E-state index contributed by atoms with van der Waals surface area (Å²) in [6, 6.07) is 0. The zero-order valence-electron chi connectivity index (χ0n) is 6.90. The lowest BCUT2D eigenvalue weighted by Crippen LogP contribution is -2.31. The highest BCUT2D eigenvalue weighted by atomic mass is 16.6. The standard InChI is InChI=1S/C8H12O4/c1-5(10)12-8-6(4-9)2-3-7(8)11/h4,6-8,11H,2-3H2,1H3. The van der Waals surface area contributed by atoms with Crippen LogP contribution in [0.1, 0.15) is 19.8 Å². The molecule has 0 amide bonds. The van der Waals surface area contributed by atoms with Crippen LogP contribution in [0.2, 0.25) is 0 Å². The third kappa shape index (κ3) is 1.82. The van der Waals surface area contributed by atoms with Gasteiger partial charge in [-0.3, -0.25) is 4.79 Å². The molecule has 0 saturated heterocycles. The smallest absolute Gasteiger partial charge is 0.303 e. The van der Waals surface area contributed by atoms with E-state index < -0.39 is 18.2 Å². The van der Waals surface area contributed by atoms with Crippen LogP contribution in [0.4, 0.5) is 0 Å². The van der Waals surface area contributed by atoms with E-state index >= 15 is 0 Å². The minimum absolute atomic E-state index is 0.330. The Bertz CT molecular complexity index is 189. The van der Waals surface area contributed by atoms with Crippen LogP contribution in [0.15, 0.2) is 0 Å². The predicted octanol–water partition coefficient (Wildman–Crippen LogP) is -0.112. The number of aldehydes is 1. The van der Waals surface area contributed by atoms with Gasteiger partial charge < -0.3 is 14.6 Å². The number of carbonyl (C=O) groups excluding carboxylic acids is 2. The highest BCUT2D eigenvalue weighted by Gasteiger charge is 2.37. The van der Waals surface area contributed by atoms with Crippen molar-refractivity contribution in [2.24, 2.45) is 5.92 Å². The van der Waals surface area contributed by atoms with Gasteiger partial charge in [-0.1, -0.05) is 0 Å². The molecule has 0 aromatic rings. The molecule has 0 aromatic heterocycles. The van der Waals surface area contributed by atoms with E-state index in [9.17, 15) is 14.7 Å². The molecule has 0 radical (unpaired) electrons. The Kier molecular flexibility index (Phi) is 2.81. The van der Waals surface area contributed by atoms with Crippen LogP contribution in [0.25, 0.3) is 0 Å². The average molecular weight is 172 g/mol. The maximum absolute atomic E-state index is 10.6. The van der Waals surface area contributed by atoms with Crippen LogP contribution in [-0.4, -0.2) is 29.6 Å². The molecule has 68 valence electrons. The summed E-state index contributed by atoms with van der Waals surface area (Å²) < 4.78 is 4.81. The van der Waals surface area contributed by atoms with Crippen LogP contribution >= 0.6 is 0 Å². The molecule has 0 aromatic carbocycles. The molecule has 0 spiro atoms. The largest absolute Gasteiger partial charge is 0.459 e. The number of aliphatic hydroxyl groups excluding tert-OH is 1. The normalized spacial score (nSPS) is 34.7. The van der Waals surface area contributed by atoms with Crippen molar-refractivity contribution in [1.29, 1.82) is 0 Å². The quantitative estimate of drug-likeness (QED) is 0.466. The van der Waals surface area contributed by atoms with E-state index in [1.165, 1.54) is 6.92 Å². The molecule has 4 nitrogen and oxygen atoms in total. The number of aliphatic hydroxyl groups is 1. The van der Waals surface area contributed by atoms with Crippen molar-refractivity contribution in [3.05, 3.63) is 0 Å².